The number of phenols is 1. The lowest BCUT2D eigenvalue weighted by Crippen LogP contribution is -2.69. The molecule has 0 saturated carbocycles. The van der Waals surface area contributed by atoms with Gasteiger partial charge in [-0.25, -0.2) is 4.79 Å². The highest BCUT2D eigenvalue weighted by Gasteiger charge is 2.43. The lowest BCUT2D eigenvalue weighted by Gasteiger charge is -2.46. The number of hydrogen-bond donors (Lipinski definition) is 4. The first-order chi connectivity index (χ1) is 22.8. The van der Waals surface area contributed by atoms with Crippen molar-refractivity contribution in [2.45, 2.75) is 31.7 Å². The van der Waals surface area contributed by atoms with E-state index in [0.29, 0.717) is 25.2 Å². The van der Waals surface area contributed by atoms with Crippen LogP contribution in [0.1, 0.15) is 27.0 Å². The van der Waals surface area contributed by atoms with Crippen LogP contribution in [0.2, 0.25) is 0 Å². The van der Waals surface area contributed by atoms with Gasteiger partial charge < -0.3 is 35.8 Å². The number of nitrogens with zero attached hydrogens (tertiary/aromatic N) is 3. The average Bonchev–Trinajstić information content (AvgIpc) is 3.62. The molecule has 0 bridgehead atoms. The van der Waals surface area contributed by atoms with Gasteiger partial charge in [0.2, 0.25) is 11.8 Å². The number of piperazine rings is 1. The van der Waals surface area contributed by atoms with Crippen LogP contribution in [0.4, 0.5) is 4.79 Å². The molecule has 11 heteroatoms. The number of nitrogens with one attached hydrogen (secondary N) is 3. The van der Waals surface area contributed by atoms with Crippen LogP contribution in [-0.2, 0) is 29.1 Å². The molecule has 3 aromatic rings. The van der Waals surface area contributed by atoms with Crippen molar-refractivity contribution in [2.75, 3.05) is 32.7 Å². The number of phenolic OH excluding ortho intramolecular Hbond substituents is 1. The summed E-state index contributed by atoms with van der Waals surface area (Å²) < 4.78 is 0. The maximum Gasteiger partial charge on any atom is 0.316 e. The van der Waals surface area contributed by atoms with Crippen molar-refractivity contribution in [1.82, 2.24) is 30.7 Å². The molecule has 47 heavy (non-hydrogen) atoms. The number of urea groups is 1. The maximum atomic E-state index is 14.3. The van der Waals surface area contributed by atoms with Gasteiger partial charge in [0.15, 0.2) is 0 Å². The third kappa shape index (κ3) is 8.65. The van der Waals surface area contributed by atoms with Crippen LogP contribution in [0.3, 0.4) is 0 Å². The summed E-state index contributed by atoms with van der Waals surface area (Å²) in [5, 5.41) is 18.7. The highest BCUT2D eigenvalue weighted by atomic mass is 16.3. The van der Waals surface area contributed by atoms with Crippen LogP contribution in [0.25, 0.3) is 0 Å². The first kappa shape index (κ1) is 33.0. The van der Waals surface area contributed by atoms with E-state index >= 15 is 0 Å². The Morgan fingerprint density at radius 3 is 2.36 bits per heavy atom. The van der Waals surface area contributed by atoms with E-state index in [1.165, 1.54) is 17.0 Å². The van der Waals surface area contributed by atoms with Gasteiger partial charge in [0.1, 0.15) is 18.0 Å². The molecule has 1 fully saturated rings. The quantitative estimate of drug-likeness (QED) is 0.179. The molecule has 0 unspecified atom stereocenters. The van der Waals surface area contributed by atoms with E-state index in [4.69, 9.17) is 0 Å². The van der Waals surface area contributed by atoms with Crippen molar-refractivity contribution in [2.24, 2.45) is 0 Å². The summed E-state index contributed by atoms with van der Waals surface area (Å²) in [6.45, 7) is 5.60. The van der Waals surface area contributed by atoms with Crippen LogP contribution in [0, 0.1) is 0 Å². The van der Waals surface area contributed by atoms with Crippen LogP contribution in [0.5, 0.6) is 5.75 Å². The van der Waals surface area contributed by atoms with Crippen LogP contribution >= 0.6 is 0 Å². The van der Waals surface area contributed by atoms with Gasteiger partial charge in [-0.1, -0.05) is 72.8 Å². The van der Waals surface area contributed by atoms with E-state index in [1.54, 1.807) is 46.2 Å². The fraction of sp³-hybridized carbons (Fsp3) is 0.278. The fourth-order valence-corrected chi connectivity index (χ4v) is 5.78. The van der Waals surface area contributed by atoms with Gasteiger partial charge in [-0.3, -0.25) is 14.4 Å². The molecular weight excluding hydrogens is 596 g/mol. The molecular formula is C36H40N6O5. The van der Waals surface area contributed by atoms with E-state index in [0.717, 1.165) is 16.7 Å². The summed E-state index contributed by atoms with van der Waals surface area (Å²) in [7, 11) is 0. The maximum absolute atomic E-state index is 14.3. The van der Waals surface area contributed by atoms with Gasteiger partial charge in [0.25, 0.3) is 5.91 Å². The Morgan fingerprint density at radius 2 is 1.64 bits per heavy atom. The number of benzene rings is 3. The minimum Gasteiger partial charge on any atom is -0.508 e. The summed E-state index contributed by atoms with van der Waals surface area (Å²) >= 11 is 0. The number of carbonyl (C=O) groups excluding carboxylic acids is 4. The zero-order valence-electron chi connectivity index (χ0n) is 26.2. The molecule has 244 valence electrons. The molecule has 5 rings (SSSR count). The second-order valence-electron chi connectivity index (χ2n) is 11.5. The lowest BCUT2D eigenvalue weighted by atomic mass is 9.98. The Morgan fingerprint density at radius 1 is 0.915 bits per heavy atom. The minimum atomic E-state index is -0.953. The fourth-order valence-electron chi connectivity index (χ4n) is 5.78. The predicted molar refractivity (Wildman–Crippen MR) is 178 cm³/mol. The Kier molecular flexibility index (Phi) is 11.0. The Bertz CT molecular complexity index is 1600. The van der Waals surface area contributed by atoms with Crippen LogP contribution in [0.15, 0.2) is 104 Å². The van der Waals surface area contributed by atoms with Crippen molar-refractivity contribution in [3.63, 3.8) is 0 Å². The molecule has 2 aliphatic heterocycles. The third-order valence-corrected chi connectivity index (χ3v) is 8.13. The molecule has 0 aliphatic carbocycles. The summed E-state index contributed by atoms with van der Waals surface area (Å²) in [4.78, 5) is 59.1. The third-order valence-electron chi connectivity index (χ3n) is 8.13. The standard InChI is InChI=1S/C36H40N6O5/c1-2-17-37-23-33(44)42-31(21-26-13-15-30(43)16-14-26)35(46)41(25-32(42)39-36(47)38-22-27-9-4-3-5-10-27)24-28-11-8-12-29(20-28)34(45)40-18-6-7-19-40/h2-16,20,31-32,37,43H,1,17-19,21-25H2,(H2,38,39,47)/t31-,32+/m0/s1. The first-order valence-corrected chi connectivity index (χ1v) is 15.6. The number of aromatic hydroxyl groups is 1. The van der Waals surface area contributed by atoms with Crippen LogP contribution in [-0.4, -0.2) is 88.5 Å². The predicted octanol–water partition coefficient (Wildman–Crippen LogP) is 2.79. The molecule has 1 saturated heterocycles. The lowest BCUT2D eigenvalue weighted by molar-refractivity contribution is -0.157. The second kappa shape index (κ2) is 15.7. The number of carbonyl (C=O) groups is 4. The van der Waals surface area contributed by atoms with E-state index in [2.05, 4.69) is 22.5 Å². The Balaban J connectivity index is 1.42. The van der Waals surface area contributed by atoms with Crippen molar-refractivity contribution in [1.29, 1.82) is 0 Å². The van der Waals surface area contributed by atoms with Crippen molar-refractivity contribution >= 4 is 23.8 Å². The van der Waals surface area contributed by atoms with Crippen molar-refractivity contribution < 1.29 is 24.3 Å². The molecule has 0 radical (unpaired) electrons. The molecule has 5 amide bonds. The number of hydrogen-bond acceptors (Lipinski definition) is 6. The largest absolute Gasteiger partial charge is 0.508 e. The Hall–Kier alpha value is -5.42. The summed E-state index contributed by atoms with van der Waals surface area (Å²) in [5.74, 6) is -0.659. The van der Waals surface area contributed by atoms with Gasteiger partial charge >= 0.3 is 6.03 Å². The topological polar surface area (TPSA) is 134 Å². The van der Waals surface area contributed by atoms with Gasteiger partial charge in [0.05, 0.1) is 13.1 Å². The molecule has 0 spiro atoms. The molecule has 4 N–H and O–H groups in total. The highest BCUT2D eigenvalue weighted by molar-refractivity contribution is 5.95. The molecule has 2 aliphatic rings. The first-order valence-electron chi connectivity index (χ1n) is 15.6. The average molecular weight is 637 g/mol. The molecule has 2 atom stereocenters. The van der Waals surface area contributed by atoms with Gasteiger partial charge in [-0.05, 0) is 41.0 Å². The highest BCUT2D eigenvalue weighted by Crippen LogP contribution is 2.24. The summed E-state index contributed by atoms with van der Waals surface area (Å²) in [6, 6.07) is 21.7. The van der Waals surface area contributed by atoms with Crippen molar-refractivity contribution in [3.05, 3.63) is 126 Å². The normalized spacial score (nSPS) is 17.4. The monoisotopic (exact) mass is 636 g/mol. The van der Waals surface area contributed by atoms with E-state index in [-0.39, 0.29) is 56.1 Å². The zero-order chi connectivity index (χ0) is 33.2. The van der Waals surface area contributed by atoms with E-state index in [1.807, 2.05) is 48.6 Å². The van der Waals surface area contributed by atoms with Gasteiger partial charge in [0, 0.05) is 44.7 Å². The molecule has 3 aromatic carbocycles. The molecule has 2 heterocycles. The second-order valence-corrected chi connectivity index (χ2v) is 11.5. The van der Waals surface area contributed by atoms with Crippen molar-refractivity contribution in [3.8, 4) is 5.75 Å². The Labute approximate surface area is 274 Å². The minimum absolute atomic E-state index is 0.0328. The van der Waals surface area contributed by atoms with Gasteiger partial charge in [-0.15, -0.1) is 6.58 Å². The molecule has 0 aromatic heterocycles. The van der Waals surface area contributed by atoms with E-state index < -0.39 is 18.2 Å². The smallest absolute Gasteiger partial charge is 0.316 e. The van der Waals surface area contributed by atoms with Crippen LogP contribution < -0.4 is 16.0 Å². The zero-order valence-corrected chi connectivity index (χ0v) is 26.2. The van der Waals surface area contributed by atoms with Gasteiger partial charge in [-0.2, -0.15) is 0 Å². The van der Waals surface area contributed by atoms with E-state index in [9.17, 15) is 24.3 Å². The SMILES string of the molecule is C=CCNCC(=O)N1[C@@H](NC(=O)NCc2ccccc2)CN(Cc2cccc(C(=O)N3CC=CC3)c2)C(=O)[C@@H]1Cc1ccc(O)cc1. The summed E-state index contributed by atoms with van der Waals surface area (Å²) in [6.07, 6.45) is 4.84. The number of rotatable bonds is 12. The number of amides is 5. The molecule has 11 nitrogen and oxygen atoms in total. The summed E-state index contributed by atoms with van der Waals surface area (Å²) in [5.41, 5.74) is 2.92.